The van der Waals surface area contributed by atoms with Crippen LogP contribution in [0.2, 0.25) is 5.02 Å². The average Bonchev–Trinajstić information content (AvgIpc) is 3.07. The van der Waals surface area contributed by atoms with E-state index < -0.39 is 0 Å². The van der Waals surface area contributed by atoms with Crippen molar-refractivity contribution in [2.45, 2.75) is 37.9 Å². The van der Waals surface area contributed by atoms with Gasteiger partial charge in [-0.25, -0.2) is 0 Å². The molecule has 3 rings (SSSR count). The van der Waals surface area contributed by atoms with Crippen LogP contribution in [0.25, 0.3) is 0 Å². The smallest absolute Gasteiger partial charge is 0.191 e. The number of methoxy groups -OCH3 is 1. The number of rotatable bonds is 8. The van der Waals surface area contributed by atoms with Gasteiger partial charge in [0.25, 0.3) is 0 Å². The van der Waals surface area contributed by atoms with Crippen LogP contribution in [-0.2, 0) is 18.9 Å². The fourth-order valence-electron chi connectivity index (χ4n) is 2.68. The van der Waals surface area contributed by atoms with Gasteiger partial charge in [-0.15, -0.1) is 10.2 Å². The molecule has 0 atom stereocenters. The topological polar surface area (TPSA) is 49.2 Å². The molecule has 3 aromatic rings. The normalized spacial score (nSPS) is 10.8. The summed E-state index contributed by atoms with van der Waals surface area (Å²) in [5.74, 6) is 3.26. The summed E-state index contributed by atoms with van der Waals surface area (Å²) in [6, 6.07) is 13.6. The van der Waals surface area contributed by atoms with Crippen LogP contribution in [0.15, 0.2) is 47.6 Å². The molecular weight excluding hydrogens is 382 g/mol. The van der Waals surface area contributed by atoms with Gasteiger partial charge in [0.2, 0.25) is 0 Å². The summed E-state index contributed by atoms with van der Waals surface area (Å²) >= 11 is 7.65. The van der Waals surface area contributed by atoms with Crippen LogP contribution in [0, 0.1) is 6.92 Å². The van der Waals surface area contributed by atoms with Crippen LogP contribution in [0.1, 0.15) is 23.9 Å². The lowest BCUT2D eigenvalue weighted by atomic mass is 10.2. The molecule has 0 aliphatic rings. The van der Waals surface area contributed by atoms with Crippen molar-refractivity contribution < 1.29 is 9.47 Å². The van der Waals surface area contributed by atoms with Crippen molar-refractivity contribution in [2.75, 3.05) is 7.11 Å². The number of benzene rings is 2. The summed E-state index contributed by atoms with van der Waals surface area (Å²) in [5.41, 5.74) is 2.18. The first-order valence-corrected chi connectivity index (χ1v) is 10.0. The van der Waals surface area contributed by atoms with Gasteiger partial charge in [0.1, 0.15) is 18.1 Å². The molecule has 1 heterocycles. The third-order valence-corrected chi connectivity index (χ3v) is 5.38. The van der Waals surface area contributed by atoms with E-state index >= 15 is 0 Å². The Balaban J connectivity index is 1.67. The van der Waals surface area contributed by atoms with E-state index in [0.717, 1.165) is 40.3 Å². The molecule has 0 amide bonds. The van der Waals surface area contributed by atoms with Crippen molar-refractivity contribution in [3.8, 4) is 11.5 Å². The van der Waals surface area contributed by atoms with Gasteiger partial charge in [0.15, 0.2) is 11.0 Å². The Bertz CT molecular complexity index is 914. The lowest BCUT2D eigenvalue weighted by Gasteiger charge is -2.11. The average molecular weight is 404 g/mol. The van der Waals surface area contributed by atoms with E-state index in [1.54, 1.807) is 18.9 Å². The van der Waals surface area contributed by atoms with Crippen molar-refractivity contribution >= 4 is 23.4 Å². The molecule has 0 N–H and O–H groups in total. The predicted octanol–water partition coefficient (Wildman–Crippen LogP) is 5.14. The summed E-state index contributed by atoms with van der Waals surface area (Å²) in [6.07, 6.45) is 0. The third kappa shape index (κ3) is 4.96. The summed E-state index contributed by atoms with van der Waals surface area (Å²) in [7, 11) is 1.68. The first-order chi connectivity index (χ1) is 13.1. The summed E-state index contributed by atoms with van der Waals surface area (Å²) in [6.45, 7) is 5.20. The summed E-state index contributed by atoms with van der Waals surface area (Å²) in [5, 5.41) is 10.2. The molecule has 1 aromatic heterocycles. The largest absolute Gasteiger partial charge is 0.497 e. The number of aromatic nitrogens is 3. The van der Waals surface area contributed by atoms with E-state index in [4.69, 9.17) is 21.1 Å². The van der Waals surface area contributed by atoms with Crippen molar-refractivity contribution in [3.05, 3.63) is 64.4 Å². The Morgan fingerprint density at radius 3 is 2.74 bits per heavy atom. The van der Waals surface area contributed by atoms with E-state index in [1.165, 1.54) is 5.56 Å². The van der Waals surface area contributed by atoms with Gasteiger partial charge < -0.3 is 14.0 Å². The van der Waals surface area contributed by atoms with E-state index in [2.05, 4.69) is 27.8 Å². The Kier molecular flexibility index (Phi) is 6.63. The number of thioether (sulfide) groups is 1. The molecule has 5 nitrogen and oxygen atoms in total. The van der Waals surface area contributed by atoms with Gasteiger partial charge in [-0.2, -0.15) is 0 Å². The number of hydrogen-bond donors (Lipinski definition) is 0. The molecule has 0 fully saturated rings. The lowest BCUT2D eigenvalue weighted by molar-refractivity contribution is 0.286. The zero-order valence-corrected chi connectivity index (χ0v) is 17.2. The molecule has 0 spiro atoms. The maximum absolute atomic E-state index is 6.00. The highest BCUT2D eigenvalue weighted by molar-refractivity contribution is 7.98. The number of halogens is 1. The van der Waals surface area contributed by atoms with Crippen molar-refractivity contribution in [3.63, 3.8) is 0 Å². The minimum Gasteiger partial charge on any atom is -0.497 e. The molecule has 0 aliphatic carbocycles. The monoisotopic (exact) mass is 403 g/mol. The molecule has 0 saturated heterocycles. The van der Waals surface area contributed by atoms with Gasteiger partial charge in [0.05, 0.1) is 7.11 Å². The second kappa shape index (κ2) is 9.15. The van der Waals surface area contributed by atoms with Crippen LogP contribution in [0.5, 0.6) is 11.5 Å². The van der Waals surface area contributed by atoms with Crippen LogP contribution >= 0.6 is 23.4 Å². The lowest BCUT2D eigenvalue weighted by Crippen LogP contribution is -2.07. The van der Waals surface area contributed by atoms with E-state index in [9.17, 15) is 0 Å². The van der Waals surface area contributed by atoms with E-state index in [1.807, 2.05) is 43.3 Å². The molecule has 27 heavy (non-hydrogen) atoms. The minimum atomic E-state index is 0.364. The second-order valence-electron chi connectivity index (χ2n) is 5.98. The molecule has 7 heteroatoms. The standard InChI is InChI=1S/C20H22ClN3O2S/c1-4-24-19(12-26-18-9-8-16(21)10-14(18)2)22-23-20(24)27-13-15-6-5-7-17(11-15)25-3/h5-11H,4,12-13H2,1-3H3. The van der Waals surface area contributed by atoms with Crippen LogP contribution in [0.4, 0.5) is 0 Å². The van der Waals surface area contributed by atoms with Crippen molar-refractivity contribution in [1.29, 1.82) is 0 Å². The Morgan fingerprint density at radius 2 is 2.00 bits per heavy atom. The van der Waals surface area contributed by atoms with Gasteiger partial charge >= 0.3 is 0 Å². The van der Waals surface area contributed by atoms with Crippen molar-refractivity contribution in [2.24, 2.45) is 0 Å². The molecule has 0 radical (unpaired) electrons. The SMILES string of the molecule is CCn1c(COc2ccc(Cl)cc2C)nnc1SCc1cccc(OC)c1. The maximum Gasteiger partial charge on any atom is 0.191 e. The Labute approximate surface area is 168 Å². The van der Waals surface area contributed by atoms with E-state index in [0.29, 0.717) is 11.6 Å². The minimum absolute atomic E-state index is 0.364. The van der Waals surface area contributed by atoms with Crippen LogP contribution in [-0.4, -0.2) is 21.9 Å². The quantitative estimate of drug-likeness (QED) is 0.487. The second-order valence-corrected chi connectivity index (χ2v) is 7.36. The molecular formula is C20H22ClN3O2S. The zero-order valence-electron chi connectivity index (χ0n) is 15.6. The predicted molar refractivity (Wildman–Crippen MR) is 109 cm³/mol. The molecule has 142 valence electrons. The highest BCUT2D eigenvalue weighted by Crippen LogP contribution is 2.26. The fourth-order valence-corrected chi connectivity index (χ4v) is 3.87. The highest BCUT2D eigenvalue weighted by atomic mass is 35.5. The Morgan fingerprint density at radius 1 is 1.15 bits per heavy atom. The van der Waals surface area contributed by atoms with Crippen molar-refractivity contribution in [1.82, 2.24) is 14.8 Å². The van der Waals surface area contributed by atoms with Gasteiger partial charge in [-0.1, -0.05) is 35.5 Å². The molecule has 2 aromatic carbocycles. The number of hydrogen-bond acceptors (Lipinski definition) is 5. The zero-order chi connectivity index (χ0) is 19.2. The first kappa shape index (κ1) is 19.6. The molecule has 0 saturated carbocycles. The Hall–Kier alpha value is -2.18. The number of aryl methyl sites for hydroxylation is 1. The van der Waals surface area contributed by atoms with Crippen LogP contribution < -0.4 is 9.47 Å². The molecule has 0 bridgehead atoms. The third-order valence-electron chi connectivity index (χ3n) is 4.11. The van der Waals surface area contributed by atoms with Crippen LogP contribution in [0.3, 0.4) is 0 Å². The highest BCUT2D eigenvalue weighted by Gasteiger charge is 2.13. The summed E-state index contributed by atoms with van der Waals surface area (Å²) < 4.78 is 13.3. The van der Waals surface area contributed by atoms with Gasteiger partial charge in [-0.05, 0) is 55.3 Å². The first-order valence-electron chi connectivity index (χ1n) is 8.67. The number of ether oxygens (including phenoxy) is 2. The number of nitrogens with zero attached hydrogens (tertiary/aromatic N) is 3. The molecule has 0 unspecified atom stereocenters. The fraction of sp³-hybridized carbons (Fsp3) is 0.300. The molecule has 0 aliphatic heterocycles. The van der Waals surface area contributed by atoms with Gasteiger partial charge in [-0.3, -0.25) is 0 Å². The van der Waals surface area contributed by atoms with E-state index in [-0.39, 0.29) is 0 Å². The maximum atomic E-state index is 6.00. The summed E-state index contributed by atoms with van der Waals surface area (Å²) in [4.78, 5) is 0. The van der Waals surface area contributed by atoms with Gasteiger partial charge in [0, 0.05) is 17.3 Å².